The lowest BCUT2D eigenvalue weighted by molar-refractivity contribution is -0.123. The molecule has 0 atom stereocenters. The van der Waals surface area contributed by atoms with E-state index in [1.165, 1.54) is 0 Å². The summed E-state index contributed by atoms with van der Waals surface area (Å²) in [5.74, 6) is 2.95. The first kappa shape index (κ1) is 24.0. The highest BCUT2D eigenvalue weighted by molar-refractivity contribution is 5.97. The first-order valence-corrected chi connectivity index (χ1v) is 11.8. The third-order valence-corrected chi connectivity index (χ3v) is 5.27. The molecule has 4 aromatic rings. The van der Waals surface area contributed by atoms with Crippen molar-refractivity contribution >= 4 is 28.4 Å². The molecule has 0 aliphatic heterocycles. The van der Waals surface area contributed by atoms with Crippen molar-refractivity contribution in [2.75, 3.05) is 25.1 Å². The van der Waals surface area contributed by atoms with Gasteiger partial charge in [0.15, 0.2) is 12.4 Å². The van der Waals surface area contributed by atoms with E-state index < -0.39 is 0 Å². The number of amides is 1. The van der Waals surface area contributed by atoms with E-state index >= 15 is 0 Å². The molecule has 0 aliphatic rings. The summed E-state index contributed by atoms with van der Waals surface area (Å²) in [5.41, 5.74) is 2.55. The fourth-order valence-corrected chi connectivity index (χ4v) is 3.63. The zero-order valence-corrected chi connectivity index (χ0v) is 20.2. The Morgan fingerprint density at radius 3 is 2.74 bits per heavy atom. The minimum Gasteiger partial charge on any atom is -0.493 e. The third-order valence-electron chi connectivity index (χ3n) is 5.27. The monoisotopic (exact) mass is 474 g/mol. The number of fused-ring (bicyclic) bond motifs is 1. The fraction of sp³-hybridized carbons (Fsp3) is 0.308. The molecule has 0 spiro atoms. The molecule has 0 radical (unpaired) electrons. The molecule has 0 bridgehead atoms. The summed E-state index contributed by atoms with van der Waals surface area (Å²) in [6, 6.07) is 13.2. The lowest BCUT2D eigenvalue weighted by Crippen LogP contribution is -2.29. The van der Waals surface area contributed by atoms with Crippen LogP contribution in [0.5, 0.6) is 11.5 Å². The molecule has 0 saturated heterocycles. The topological polar surface area (TPSA) is 114 Å². The molecule has 0 unspecified atom stereocenters. The minimum absolute atomic E-state index is 0.0463. The van der Waals surface area contributed by atoms with Gasteiger partial charge in [0.1, 0.15) is 23.1 Å². The van der Waals surface area contributed by atoms with Crippen LogP contribution in [0.4, 0.5) is 11.6 Å². The molecule has 35 heavy (non-hydrogen) atoms. The van der Waals surface area contributed by atoms with Gasteiger partial charge in [-0.2, -0.15) is 5.10 Å². The Labute approximate surface area is 204 Å². The number of ether oxygens (including phenoxy) is 2. The number of carbonyl (C=O) groups excluding carboxylic acids is 1. The number of aromatic amines is 1. The maximum atomic E-state index is 12.0. The van der Waals surface area contributed by atoms with Crippen molar-refractivity contribution in [3.05, 3.63) is 54.2 Å². The summed E-state index contributed by atoms with van der Waals surface area (Å²) in [6.45, 7) is 7.16. The number of H-pyrrole nitrogens is 1. The predicted octanol–water partition coefficient (Wildman–Crippen LogP) is 4.77. The van der Waals surface area contributed by atoms with Crippen LogP contribution in [0.25, 0.3) is 22.3 Å². The summed E-state index contributed by atoms with van der Waals surface area (Å²) in [7, 11) is 0. The fourth-order valence-electron chi connectivity index (χ4n) is 3.63. The highest BCUT2D eigenvalue weighted by atomic mass is 16.5. The van der Waals surface area contributed by atoms with E-state index in [0.29, 0.717) is 42.1 Å². The van der Waals surface area contributed by atoms with Gasteiger partial charge in [-0.05, 0) is 50.1 Å². The van der Waals surface area contributed by atoms with Crippen molar-refractivity contribution in [2.45, 2.75) is 33.6 Å². The Hall–Kier alpha value is -4.14. The van der Waals surface area contributed by atoms with Gasteiger partial charge in [-0.3, -0.25) is 9.89 Å². The molecule has 0 saturated carbocycles. The van der Waals surface area contributed by atoms with Gasteiger partial charge in [0.2, 0.25) is 0 Å². The average Bonchev–Trinajstić information content (AvgIpc) is 3.36. The van der Waals surface area contributed by atoms with Crippen LogP contribution in [-0.2, 0) is 4.79 Å². The quantitative estimate of drug-likeness (QED) is 0.268. The number of aryl methyl sites for hydroxylation is 1. The zero-order chi connectivity index (χ0) is 24.6. The van der Waals surface area contributed by atoms with E-state index in [2.05, 4.69) is 27.8 Å². The lowest BCUT2D eigenvalue weighted by atomic mass is 10.1. The maximum Gasteiger partial charge on any atom is 0.257 e. The van der Waals surface area contributed by atoms with Crippen LogP contribution in [0.2, 0.25) is 0 Å². The van der Waals surface area contributed by atoms with E-state index in [9.17, 15) is 4.79 Å². The molecular weight excluding hydrogens is 444 g/mol. The van der Waals surface area contributed by atoms with Crippen LogP contribution >= 0.6 is 0 Å². The first-order chi connectivity index (χ1) is 17.1. The van der Waals surface area contributed by atoms with E-state index in [4.69, 9.17) is 19.4 Å². The molecule has 2 aromatic heterocycles. The van der Waals surface area contributed by atoms with Crippen LogP contribution in [0.3, 0.4) is 0 Å². The van der Waals surface area contributed by atoms with Crippen molar-refractivity contribution in [2.24, 2.45) is 0 Å². The molecule has 3 N–H and O–H groups in total. The van der Waals surface area contributed by atoms with E-state index in [0.717, 1.165) is 34.9 Å². The van der Waals surface area contributed by atoms with Gasteiger partial charge in [0, 0.05) is 18.2 Å². The van der Waals surface area contributed by atoms with Crippen LogP contribution in [0.15, 0.2) is 48.7 Å². The number of nitrogens with one attached hydrogen (secondary N) is 3. The van der Waals surface area contributed by atoms with Gasteiger partial charge in [-0.1, -0.05) is 25.5 Å². The van der Waals surface area contributed by atoms with E-state index in [-0.39, 0.29) is 12.5 Å². The molecule has 2 aromatic carbocycles. The van der Waals surface area contributed by atoms with Gasteiger partial charge >= 0.3 is 0 Å². The summed E-state index contributed by atoms with van der Waals surface area (Å²) in [6.07, 6.45) is 3.64. The molecule has 4 rings (SSSR count). The molecular formula is C26H30N6O3. The normalized spacial score (nSPS) is 10.8. The molecule has 9 heteroatoms. The van der Waals surface area contributed by atoms with Gasteiger partial charge in [0.25, 0.3) is 5.91 Å². The van der Waals surface area contributed by atoms with Crippen molar-refractivity contribution in [3.63, 3.8) is 0 Å². The van der Waals surface area contributed by atoms with Gasteiger partial charge in [-0.15, -0.1) is 0 Å². The standard InChI is InChI=1S/C26H30N6O3/c1-4-6-11-27-23(33)16-35-19-9-7-8-18(15-19)25-29-20-13-17(3)14-21(34-5-2)24(20)26(31-25)30-22-10-12-28-32-22/h7-10,12-15H,4-6,11,16H2,1-3H3,(H,27,33)(H2,28,29,30,31,32). The highest BCUT2D eigenvalue weighted by Crippen LogP contribution is 2.35. The summed E-state index contributed by atoms with van der Waals surface area (Å²) >= 11 is 0. The molecule has 9 nitrogen and oxygen atoms in total. The number of aromatic nitrogens is 4. The maximum absolute atomic E-state index is 12.0. The second-order valence-corrected chi connectivity index (χ2v) is 8.10. The number of hydrogen-bond acceptors (Lipinski definition) is 7. The highest BCUT2D eigenvalue weighted by Gasteiger charge is 2.16. The van der Waals surface area contributed by atoms with Crippen molar-refractivity contribution in [1.82, 2.24) is 25.5 Å². The number of rotatable bonds is 11. The lowest BCUT2D eigenvalue weighted by Gasteiger charge is -2.15. The summed E-state index contributed by atoms with van der Waals surface area (Å²) in [4.78, 5) is 21.7. The van der Waals surface area contributed by atoms with Crippen molar-refractivity contribution < 1.29 is 14.3 Å². The number of hydrogen-bond donors (Lipinski definition) is 3. The second-order valence-electron chi connectivity index (χ2n) is 8.10. The predicted molar refractivity (Wildman–Crippen MR) is 136 cm³/mol. The third kappa shape index (κ3) is 6.06. The SMILES string of the molecule is CCCCNC(=O)COc1cccc(-c2nc(Nc3ccn[nH]3)c3c(OCC)cc(C)cc3n2)c1. The van der Waals surface area contributed by atoms with Gasteiger partial charge in [0.05, 0.1) is 23.7 Å². The molecule has 0 aliphatic carbocycles. The first-order valence-electron chi connectivity index (χ1n) is 11.8. The van der Waals surface area contributed by atoms with Crippen LogP contribution in [-0.4, -0.2) is 45.8 Å². The Balaban J connectivity index is 1.67. The zero-order valence-electron chi connectivity index (χ0n) is 20.2. The van der Waals surface area contributed by atoms with E-state index in [1.807, 2.05) is 56.3 Å². The van der Waals surface area contributed by atoms with Crippen LogP contribution in [0, 0.1) is 6.92 Å². The van der Waals surface area contributed by atoms with Crippen molar-refractivity contribution in [1.29, 1.82) is 0 Å². The Bertz CT molecular complexity index is 1290. The second kappa shape index (κ2) is 11.3. The number of benzene rings is 2. The molecule has 0 fully saturated rings. The average molecular weight is 475 g/mol. The Morgan fingerprint density at radius 1 is 1.09 bits per heavy atom. The van der Waals surface area contributed by atoms with Gasteiger partial charge in [-0.25, -0.2) is 9.97 Å². The number of anilines is 2. The Morgan fingerprint density at radius 2 is 1.97 bits per heavy atom. The minimum atomic E-state index is -0.143. The number of carbonyl (C=O) groups is 1. The molecule has 182 valence electrons. The van der Waals surface area contributed by atoms with Crippen LogP contribution in [0.1, 0.15) is 32.3 Å². The largest absolute Gasteiger partial charge is 0.493 e. The number of nitrogens with zero attached hydrogens (tertiary/aromatic N) is 3. The molecule has 2 heterocycles. The summed E-state index contributed by atoms with van der Waals surface area (Å²) in [5, 5.41) is 13.9. The van der Waals surface area contributed by atoms with Gasteiger partial charge < -0.3 is 20.1 Å². The Kier molecular flexibility index (Phi) is 7.77. The van der Waals surface area contributed by atoms with Crippen molar-refractivity contribution in [3.8, 4) is 22.9 Å². The summed E-state index contributed by atoms with van der Waals surface area (Å²) < 4.78 is 11.6. The van der Waals surface area contributed by atoms with Crippen LogP contribution < -0.4 is 20.1 Å². The van der Waals surface area contributed by atoms with E-state index in [1.54, 1.807) is 6.20 Å². The number of unbranched alkanes of at least 4 members (excludes halogenated alkanes) is 1. The molecule has 1 amide bonds. The smallest absolute Gasteiger partial charge is 0.257 e.